The first kappa shape index (κ1) is 21.8. The van der Waals surface area contributed by atoms with Gasteiger partial charge in [-0.1, -0.05) is 44.2 Å². The van der Waals surface area contributed by atoms with Gasteiger partial charge in [-0.3, -0.25) is 9.59 Å². The Morgan fingerprint density at radius 1 is 1.09 bits per heavy atom. The van der Waals surface area contributed by atoms with E-state index in [1.165, 1.54) is 6.92 Å². The maximum absolute atomic E-state index is 13.2. The number of anilines is 1. The molecular weight excluding hydrogens is 404 g/mol. The summed E-state index contributed by atoms with van der Waals surface area (Å²) in [5.41, 5.74) is 2.30. The smallest absolute Gasteiger partial charge is 0.270 e. The number of amides is 2. The number of fused-ring (bicyclic) bond motifs is 1. The first-order valence-electron chi connectivity index (χ1n) is 11.1. The normalized spacial score (nSPS) is 15.5. The van der Waals surface area contributed by atoms with Gasteiger partial charge in [0.15, 0.2) is 5.82 Å². The van der Waals surface area contributed by atoms with Gasteiger partial charge in [0.2, 0.25) is 5.91 Å². The number of likely N-dealkylation sites (tertiary alicyclic amines) is 1. The van der Waals surface area contributed by atoms with Gasteiger partial charge >= 0.3 is 0 Å². The van der Waals surface area contributed by atoms with E-state index >= 15 is 0 Å². The summed E-state index contributed by atoms with van der Waals surface area (Å²) < 4.78 is 0. The highest BCUT2D eigenvalue weighted by Crippen LogP contribution is 2.31. The van der Waals surface area contributed by atoms with Crippen LogP contribution in [0.25, 0.3) is 22.4 Å². The standard InChI is InChI=1S/C24H30N6O2/c1-16(31)25-11-12-26-21-18-15-19(23(32)30-13-9-24(2,3)10-14-30)27-22(18)29-20(28-21)17-7-5-4-6-8-17/h4-8,15H,9-14H2,1-3H3,(H,25,31)(H2,26,27,28,29). The van der Waals surface area contributed by atoms with Crippen molar-refractivity contribution < 1.29 is 9.59 Å². The summed E-state index contributed by atoms with van der Waals surface area (Å²) in [4.78, 5) is 38.9. The largest absolute Gasteiger partial charge is 0.368 e. The lowest BCUT2D eigenvalue weighted by Gasteiger charge is -2.36. The minimum atomic E-state index is -0.0798. The van der Waals surface area contributed by atoms with E-state index in [0.717, 1.165) is 36.9 Å². The quantitative estimate of drug-likeness (QED) is 0.516. The van der Waals surface area contributed by atoms with Crippen molar-refractivity contribution in [3.8, 4) is 11.4 Å². The average Bonchev–Trinajstić information content (AvgIpc) is 3.21. The van der Waals surface area contributed by atoms with Crippen LogP contribution in [-0.4, -0.2) is 57.8 Å². The molecule has 1 aliphatic heterocycles. The number of hydrogen-bond donors (Lipinski definition) is 3. The summed E-state index contributed by atoms with van der Waals surface area (Å²) in [5, 5.41) is 6.81. The molecule has 0 unspecified atom stereocenters. The zero-order valence-electron chi connectivity index (χ0n) is 18.9. The highest BCUT2D eigenvalue weighted by molar-refractivity contribution is 6.00. The lowest BCUT2D eigenvalue weighted by Crippen LogP contribution is -2.41. The number of nitrogens with zero attached hydrogens (tertiary/aromatic N) is 3. The number of carbonyl (C=O) groups excluding carboxylic acids is 2. The molecule has 1 fully saturated rings. The highest BCUT2D eigenvalue weighted by atomic mass is 16.2. The summed E-state index contributed by atoms with van der Waals surface area (Å²) in [5.74, 6) is 1.11. The minimum Gasteiger partial charge on any atom is -0.368 e. The molecule has 2 amide bonds. The molecule has 1 aliphatic rings. The van der Waals surface area contributed by atoms with E-state index in [9.17, 15) is 9.59 Å². The predicted octanol–water partition coefficient (Wildman–Crippen LogP) is 3.44. The average molecular weight is 435 g/mol. The first-order valence-corrected chi connectivity index (χ1v) is 11.1. The fourth-order valence-electron chi connectivity index (χ4n) is 3.88. The lowest BCUT2D eigenvalue weighted by atomic mass is 9.82. The molecule has 0 bridgehead atoms. The molecule has 3 aromatic rings. The van der Waals surface area contributed by atoms with Crippen molar-refractivity contribution in [2.24, 2.45) is 5.41 Å². The Labute approximate surface area is 187 Å². The van der Waals surface area contributed by atoms with Gasteiger partial charge in [0.05, 0.1) is 5.39 Å². The second kappa shape index (κ2) is 8.98. The molecule has 3 heterocycles. The number of carbonyl (C=O) groups is 2. The van der Waals surface area contributed by atoms with E-state index < -0.39 is 0 Å². The predicted molar refractivity (Wildman–Crippen MR) is 125 cm³/mol. The Morgan fingerprint density at radius 2 is 1.81 bits per heavy atom. The number of hydrogen-bond acceptors (Lipinski definition) is 5. The third kappa shape index (κ3) is 4.90. The van der Waals surface area contributed by atoms with Gasteiger partial charge in [-0.15, -0.1) is 0 Å². The van der Waals surface area contributed by atoms with Crippen LogP contribution < -0.4 is 10.6 Å². The molecule has 168 valence electrons. The number of aromatic amines is 1. The van der Waals surface area contributed by atoms with Crippen LogP contribution in [0.4, 0.5) is 5.82 Å². The Morgan fingerprint density at radius 3 is 2.50 bits per heavy atom. The van der Waals surface area contributed by atoms with Crippen LogP contribution >= 0.6 is 0 Å². The van der Waals surface area contributed by atoms with Crippen LogP contribution in [0, 0.1) is 5.41 Å². The van der Waals surface area contributed by atoms with Crippen LogP contribution in [0.2, 0.25) is 0 Å². The van der Waals surface area contributed by atoms with E-state index in [4.69, 9.17) is 4.98 Å². The third-order valence-corrected chi connectivity index (χ3v) is 5.95. The molecule has 0 aliphatic carbocycles. The Bertz CT molecular complexity index is 1110. The van der Waals surface area contributed by atoms with Gasteiger partial charge in [0.25, 0.3) is 5.91 Å². The van der Waals surface area contributed by atoms with Gasteiger partial charge in [-0.25, -0.2) is 9.97 Å². The highest BCUT2D eigenvalue weighted by Gasteiger charge is 2.29. The summed E-state index contributed by atoms with van der Waals surface area (Å²) >= 11 is 0. The van der Waals surface area contributed by atoms with Crippen LogP contribution in [0.15, 0.2) is 36.4 Å². The van der Waals surface area contributed by atoms with Gasteiger partial charge in [-0.2, -0.15) is 0 Å². The summed E-state index contributed by atoms with van der Waals surface area (Å²) in [6, 6.07) is 11.6. The Balaban J connectivity index is 1.64. The molecule has 0 radical (unpaired) electrons. The number of aromatic nitrogens is 3. The van der Waals surface area contributed by atoms with E-state index in [2.05, 4.69) is 34.4 Å². The molecule has 1 saturated heterocycles. The molecular formula is C24H30N6O2. The van der Waals surface area contributed by atoms with Gasteiger partial charge < -0.3 is 20.5 Å². The molecule has 8 heteroatoms. The van der Waals surface area contributed by atoms with Gasteiger partial charge in [0.1, 0.15) is 17.2 Å². The number of nitrogens with one attached hydrogen (secondary N) is 3. The second-order valence-electron chi connectivity index (χ2n) is 9.07. The SMILES string of the molecule is CC(=O)NCCNc1nc(-c2ccccc2)nc2[nH]c(C(=O)N3CCC(C)(C)CC3)cc12. The minimum absolute atomic E-state index is 0.0102. The number of rotatable bonds is 6. The molecule has 4 rings (SSSR count). The molecule has 0 saturated carbocycles. The molecule has 8 nitrogen and oxygen atoms in total. The number of H-pyrrole nitrogens is 1. The monoisotopic (exact) mass is 434 g/mol. The lowest BCUT2D eigenvalue weighted by molar-refractivity contribution is -0.118. The van der Waals surface area contributed by atoms with Crippen molar-refractivity contribution in [1.82, 2.24) is 25.2 Å². The fourth-order valence-corrected chi connectivity index (χ4v) is 3.88. The van der Waals surface area contributed by atoms with E-state index in [1.807, 2.05) is 41.3 Å². The third-order valence-electron chi connectivity index (χ3n) is 5.95. The number of piperidine rings is 1. The van der Waals surface area contributed by atoms with Crippen molar-refractivity contribution in [2.75, 3.05) is 31.5 Å². The van der Waals surface area contributed by atoms with Gasteiger partial charge in [0, 0.05) is 38.7 Å². The molecule has 0 atom stereocenters. The van der Waals surface area contributed by atoms with Crippen LogP contribution in [0.3, 0.4) is 0 Å². The van der Waals surface area contributed by atoms with E-state index in [-0.39, 0.29) is 17.2 Å². The van der Waals surface area contributed by atoms with Crippen molar-refractivity contribution in [3.05, 3.63) is 42.1 Å². The van der Waals surface area contributed by atoms with E-state index in [1.54, 1.807) is 0 Å². The maximum Gasteiger partial charge on any atom is 0.270 e. The van der Waals surface area contributed by atoms with Crippen LogP contribution in [0.1, 0.15) is 44.1 Å². The first-order chi connectivity index (χ1) is 15.3. The second-order valence-corrected chi connectivity index (χ2v) is 9.07. The van der Waals surface area contributed by atoms with Crippen molar-refractivity contribution >= 4 is 28.7 Å². The Hall–Kier alpha value is -3.42. The summed E-state index contributed by atoms with van der Waals surface area (Å²) in [7, 11) is 0. The number of benzene rings is 1. The Kier molecular flexibility index (Phi) is 6.12. The molecule has 3 N–H and O–H groups in total. The molecule has 0 spiro atoms. The zero-order valence-corrected chi connectivity index (χ0v) is 18.9. The molecule has 2 aromatic heterocycles. The fraction of sp³-hybridized carbons (Fsp3) is 0.417. The summed E-state index contributed by atoms with van der Waals surface area (Å²) in [6.07, 6.45) is 1.99. The van der Waals surface area contributed by atoms with Crippen LogP contribution in [0.5, 0.6) is 0 Å². The summed E-state index contributed by atoms with van der Waals surface area (Å²) in [6.45, 7) is 8.47. The van der Waals surface area contributed by atoms with Crippen molar-refractivity contribution in [1.29, 1.82) is 0 Å². The van der Waals surface area contributed by atoms with Crippen molar-refractivity contribution in [2.45, 2.75) is 33.6 Å². The zero-order chi connectivity index (χ0) is 22.7. The molecule has 1 aromatic carbocycles. The van der Waals surface area contributed by atoms with Gasteiger partial charge in [-0.05, 0) is 24.3 Å². The van der Waals surface area contributed by atoms with Crippen molar-refractivity contribution in [3.63, 3.8) is 0 Å². The molecule has 32 heavy (non-hydrogen) atoms. The van der Waals surface area contributed by atoms with Crippen LogP contribution in [-0.2, 0) is 4.79 Å². The van der Waals surface area contributed by atoms with E-state index in [0.29, 0.717) is 36.1 Å². The topological polar surface area (TPSA) is 103 Å². The maximum atomic E-state index is 13.2.